The van der Waals surface area contributed by atoms with Crippen molar-refractivity contribution in [1.82, 2.24) is 4.31 Å². The Morgan fingerprint density at radius 2 is 1.75 bits per heavy atom. The van der Waals surface area contributed by atoms with Gasteiger partial charge in [-0.2, -0.15) is 0 Å². The lowest BCUT2D eigenvalue weighted by atomic mass is 10.1. The van der Waals surface area contributed by atoms with Crippen molar-refractivity contribution >= 4 is 16.4 Å². The summed E-state index contributed by atoms with van der Waals surface area (Å²) >= 11 is 0. The van der Waals surface area contributed by atoms with Crippen molar-refractivity contribution in [3.8, 4) is 0 Å². The van der Waals surface area contributed by atoms with Gasteiger partial charge in [0.25, 0.3) is 0 Å². The van der Waals surface area contributed by atoms with E-state index in [4.69, 9.17) is 0 Å². The molecule has 0 spiro atoms. The molecule has 72 valence electrons. The van der Waals surface area contributed by atoms with Crippen molar-refractivity contribution in [3.63, 3.8) is 0 Å². The van der Waals surface area contributed by atoms with E-state index in [0.29, 0.717) is 6.41 Å². The van der Waals surface area contributed by atoms with Crippen LogP contribution >= 0.6 is 0 Å². The largest absolute Gasteiger partial charge is 0.278 e. The summed E-state index contributed by atoms with van der Waals surface area (Å²) in [7, 11) is -3.40. The maximum absolute atomic E-state index is 11.3. The van der Waals surface area contributed by atoms with Crippen molar-refractivity contribution in [2.45, 2.75) is 33.2 Å². The standard InChI is InChI=1S/C7H15NO3S/c1-5-12(10,11)8(6-9)7(2,3)4/h6H,5H2,1-4H3. The van der Waals surface area contributed by atoms with Crippen molar-refractivity contribution in [2.75, 3.05) is 5.75 Å². The fourth-order valence-electron chi connectivity index (χ4n) is 0.780. The summed E-state index contributed by atoms with van der Waals surface area (Å²) < 4.78 is 23.4. The zero-order valence-corrected chi connectivity index (χ0v) is 8.68. The highest BCUT2D eigenvalue weighted by molar-refractivity contribution is 7.89. The molecule has 1 amide bonds. The molecule has 0 radical (unpaired) electrons. The Morgan fingerprint density at radius 1 is 1.33 bits per heavy atom. The minimum Gasteiger partial charge on any atom is -0.278 e. The average Bonchev–Trinajstić information content (AvgIpc) is 1.85. The fourth-order valence-corrected chi connectivity index (χ4v) is 2.02. The lowest BCUT2D eigenvalue weighted by molar-refractivity contribution is -0.116. The Kier molecular flexibility index (Phi) is 3.26. The molecule has 0 unspecified atom stereocenters. The molecule has 0 atom stereocenters. The van der Waals surface area contributed by atoms with Crippen LogP contribution in [0.25, 0.3) is 0 Å². The van der Waals surface area contributed by atoms with Crippen molar-refractivity contribution in [3.05, 3.63) is 0 Å². The van der Waals surface area contributed by atoms with Crippen molar-refractivity contribution < 1.29 is 13.2 Å². The normalized spacial score (nSPS) is 12.7. The van der Waals surface area contributed by atoms with E-state index in [0.717, 1.165) is 4.31 Å². The lowest BCUT2D eigenvalue weighted by Gasteiger charge is -2.30. The summed E-state index contributed by atoms with van der Waals surface area (Å²) in [5.74, 6) is -0.0526. The third kappa shape index (κ3) is 2.48. The monoisotopic (exact) mass is 193 g/mol. The van der Waals surface area contributed by atoms with Gasteiger partial charge in [0.1, 0.15) is 0 Å². The van der Waals surface area contributed by atoms with Crippen LogP contribution in [0, 0.1) is 0 Å². The van der Waals surface area contributed by atoms with Crippen LogP contribution in [0.4, 0.5) is 0 Å². The second kappa shape index (κ2) is 3.43. The number of rotatable bonds is 3. The fraction of sp³-hybridized carbons (Fsp3) is 0.857. The van der Waals surface area contributed by atoms with Gasteiger partial charge in [-0.25, -0.2) is 12.7 Å². The molecule has 0 aliphatic rings. The molecule has 0 aromatic rings. The van der Waals surface area contributed by atoms with Crippen LogP contribution in [0.5, 0.6) is 0 Å². The van der Waals surface area contributed by atoms with E-state index in [1.165, 1.54) is 6.92 Å². The quantitative estimate of drug-likeness (QED) is 0.616. The van der Waals surface area contributed by atoms with Gasteiger partial charge in [0.05, 0.1) is 11.3 Å². The second-order valence-corrected chi connectivity index (χ2v) is 5.61. The van der Waals surface area contributed by atoms with Gasteiger partial charge in [-0.3, -0.25) is 4.79 Å². The van der Waals surface area contributed by atoms with Crippen LogP contribution in [0.15, 0.2) is 0 Å². The molecule has 0 saturated heterocycles. The summed E-state index contributed by atoms with van der Waals surface area (Å²) in [6.07, 6.45) is 0.360. The van der Waals surface area contributed by atoms with E-state index < -0.39 is 15.6 Å². The third-order valence-electron chi connectivity index (χ3n) is 1.42. The highest BCUT2D eigenvalue weighted by Crippen LogP contribution is 2.15. The molecule has 0 aliphatic carbocycles. The first-order valence-corrected chi connectivity index (χ1v) is 5.34. The van der Waals surface area contributed by atoms with E-state index in [-0.39, 0.29) is 5.75 Å². The third-order valence-corrected chi connectivity index (χ3v) is 3.38. The minimum atomic E-state index is -3.40. The average molecular weight is 193 g/mol. The second-order valence-electron chi connectivity index (χ2n) is 3.47. The molecule has 5 heteroatoms. The molecular formula is C7H15NO3S. The summed E-state index contributed by atoms with van der Waals surface area (Å²) in [5, 5.41) is 0. The molecule has 0 rings (SSSR count). The van der Waals surface area contributed by atoms with Gasteiger partial charge in [0.15, 0.2) is 0 Å². The number of sulfonamides is 1. The Balaban J connectivity index is 4.95. The number of nitrogens with zero attached hydrogens (tertiary/aromatic N) is 1. The van der Waals surface area contributed by atoms with Crippen molar-refractivity contribution in [2.24, 2.45) is 0 Å². The summed E-state index contributed by atoms with van der Waals surface area (Å²) in [6.45, 7) is 6.54. The molecule has 0 N–H and O–H groups in total. The molecule has 0 aliphatic heterocycles. The topological polar surface area (TPSA) is 54.5 Å². The first-order valence-electron chi connectivity index (χ1n) is 3.73. The zero-order chi connectivity index (χ0) is 9.99. The zero-order valence-electron chi connectivity index (χ0n) is 7.86. The highest BCUT2D eigenvalue weighted by Gasteiger charge is 2.29. The summed E-state index contributed by atoms with van der Waals surface area (Å²) in [6, 6.07) is 0. The van der Waals surface area contributed by atoms with Crippen molar-refractivity contribution in [1.29, 1.82) is 0 Å². The van der Waals surface area contributed by atoms with Gasteiger partial charge in [-0.1, -0.05) is 0 Å². The number of carbonyl (C=O) groups excluding carboxylic acids is 1. The molecule has 0 heterocycles. The van der Waals surface area contributed by atoms with E-state index >= 15 is 0 Å². The summed E-state index contributed by atoms with van der Waals surface area (Å²) in [5.41, 5.74) is -0.670. The SMILES string of the molecule is CCS(=O)(=O)N(C=O)C(C)(C)C. The molecule has 4 nitrogen and oxygen atoms in total. The smallest absolute Gasteiger partial charge is 0.237 e. The van der Waals surface area contributed by atoms with Crippen LogP contribution in [0.2, 0.25) is 0 Å². The Labute approximate surface area is 73.6 Å². The highest BCUT2D eigenvalue weighted by atomic mass is 32.2. The number of hydrogen-bond donors (Lipinski definition) is 0. The molecule has 0 bridgehead atoms. The Bertz CT molecular complexity index is 250. The predicted molar refractivity (Wildman–Crippen MR) is 47.1 cm³/mol. The van der Waals surface area contributed by atoms with E-state index in [9.17, 15) is 13.2 Å². The van der Waals surface area contributed by atoms with Crippen LogP contribution in [-0.4, -0.2) is 30.4 Å². The predicted octanol–water partition coefficient (Wildman–Crippen LogP) is 0.593. The molecule has 0 saturated carbocycles. The molecular weight excluding hydrogens is 178 g/mol. The van der Waals surface area contributed by atoms with Gasteiger partial charge in [0.2, 0.25) is 16.4 Å². The molecule has 0 aromatic heterocycles. The molecule has 0 fully saturated rings. The number of carbonyl (C=O) groups is 1. The lowest BCUT2D eigenvalue weighted by Crippen LogP contribution is -2.45. The summed E-state index contributed by atoms with van der Waals surface area (Å²) in [4.78, 5) is 10.5. The Hall–Kier alpha value is -0.580. The van der Waals surface area contributed by atoms with Gasteiger partial charge in [-0.05, 0) is 27.7 Å². The van der Waals surface area contributed by atoms with Gasteiger partial charge >= 0.3 is 0 Å². The molecule has 12 heavy (non-hydrogen) atoms. The van der Waals surface area contributed by atoms with Crippen LogP contribution in [-0.2, 0) is 14.8 Å². The van der Waals surface area contributed by atoms with Gasteiger partial charge in [-0.15, -0.1) is 0 Å². The minimum absolute atomic E-state index is 0.0526. The van der Waals surface area contributed by atoms with Crippen LogP contribution in [0.3, 0.4) is 0 Å². The number of amides is 1. The van der Waals surface area contributed by atoms with Crippen LogP contribution < -0.4 is 0 Å². The molecule has 0 aromatic carbocycles. The van der Waals surface area contributed by atoms with Gasteiger partial charge < -0.3 is 0 Å². The number of hydrogen-bond acceptors (Lipinski definition) is 3. The maximum atomic E-state index is 11.3. The van der Waals surface area contributed by atoms with Gasteiger partial charge in [0, 0.05) is 0 Å². The Morgan fingerprint density at radius 3 is 1.83 bits per heavy atom. The maximum Gasteiger partial charge on any atom is 0.237 e. The van der Waals surface area contributed by atoms with E-state index in [1.54, 1.807) is 20.8 Å². The van der Waals surface area contributed by atoms with E-state index in [1.807, 2.05) is 0 Å². The first-order chi connectivity index (χ1) is 5.25. The van der Waals surface area contributed by atoms with E-state index in [2.05, 4.69) is 0 Å². The first kappa shape index (κ1) is 11.4. The van der Waals surface area contributed by atoms with Crippen LogP contribution in [0.1, 0.15) is 27.7 Å².